The van der Waals surface area contributed by atoms with E-state index < -0.39 is 11.9 Å². The second-order valence-corrected chi connectivity index (χ2v) is 5.20. The lowest BCUT2D eigenvalue weighted by molar-refractivity contribution is 0.227. The van der Waals surface area contributed by atoms with Crippen LogP contribution in [-0.4, -0.2) is 4.98 Å². The first-order chi connectivity index (χ1) is 10.4. The highest BCUT2D eigenvalue weighted by Crippen LogP contribution is 2.35. The van der Waals surface area contributed by atoms with Gasteiger partial charge in [0.25, 0.3) is 0 Å². The molecule has 0 fully saturated rings. The number of nitrogens with two attached hydrogens (primary N) is 1. The van der Waals surface area contributed by atoms with E-state index in [9.17, 15) is 4.39 Å². The number of hydrogen-bond acceptors (Lipinski definition) is 3. The molecule has 22 heavy (non-hydrogen) atoms. The zero-order valence-corrected chi connectivity index (χ0v) is 14.5. The monoisotopic (exact) mass is 344 g/mol. The summed E-state index contributed by atoms with van der Waals surface area (Å²) in [5.74, 6) is 0.122. The zero-order valence-electron chi connectivity index (χ0n) is 13.0. The molecule has 0 unspecified atom stereocenters. The van der Waals surface area contributed by atoms with Crippen molar-refractivity contribution in [2.24, 2.45) is 0 Å². The number of halogens is 3. The van der Waals surface area contributed by atoms with Crippen molar-refractivity contribution in [1.29, 1.82) is 0 Å². The number of nitrogen functional groups attached to an aromatic ring is 1. The molecular weight excluding hydrogens is 326 g/mol. The highest BCUT2D eigenvalue weighted by molar-refractivity contribution is 6.36. The molecule has 0 bridgehead atoms. The van der Waals surface area contributed by atoms with Gasteiger partial charge in [0.15, 0.2) is 11.6 Å². The molecule has 0 saturated heterocycles. The van der Waals surface area contributed by atoms with Gasteiger partial charge < -0.3 is 10.5 Å². The largest absolute Gasteiger partial charge is 0.482 e. The van der Waals surface area contributed by atoms with Crippen molar-refractivity contribution < 1.29 is 9.13 Å². The van der Waals surface area contributed by atoms with Gasteiger partial charge in [-0.3, -0.25) is 0 Å². The Hall–Kier alpha value is -1.52. The number of aryl methyl sites for hydroxylation is 1. The van der Waals surface area contributed by atoms with Gasteiger partial charge in [-0.25, -0.2) is 9.37 Å². The number of hydrogen-bond donors (Lipinski definition) is 1. The molecule has 0 radical (unpaired) electrons. The van der Waals surface area contributed by atoms with Crippen LogP contribution < -0.4 is 10.5 Å². The third-order valence-corrected chi connectivity index (χ3v) is 3.52. The van der Waals surface area contributed by atoms with Gasteiger partial charge in [-0.05, 0) is 37.6 Å². The van der Waals surface area contributed by atoms with Gasteiger partial charge >= 0.3 is 0 Å². The lowest BCUT2D eigenvalue weighted by Crippen LogP contribution is -2.08. The maximum absolute atomic E-state index is 13.5. The summed E-state index contributed by atoms with van der Waals surface area (Å²) < 4.78 is 19.2. The second kappa shape index (κ2) is 8.20. The molecule has 0 saturated carbocycles. The van der Waals surface area contributed by atoms with Crippen molar-refractivity contribution in [1.82, 2.24) is 4.98 Å². The predicted octanol–water partition coefficient (Wildman–Crippen LogP) is 5.58. The number of nitrogens with zero attached hydrogens (tertiary/aromatic N) is 1. The number of ether oxygens (including phenoxy) is 1. The normalized spacial score (nSPS) is 11.4. The summed E-state index contributed by atoms with van der Waals surface area (Å²) in [5, 5.41) is 0.285. The maximum atomic E-state index is 13.5. The molecule has 3 nitrogen and oxygen atoms in total. The van der Waals surface area contributed by atoms with Gasteiger partial charge in [0.05, 0.1) is 5.02 Å². The number of benzene rings is 1. The molecule has 0 spiro atoms. The van der Waals surface area contributed by atoms with E-state index >= 15 is 0 Å². The van der Waals surface area contributed by atoms with Crippen LogP contribution in [0.3, 0.4) is 0 Å². The third kappa shape index (κ3) is 4.24. The number of pyridine rings is 1. The van der Waals surface area contributed by atoms with E-state index in [0.29, 0.717) is 16.3 Å². The summed E-state index contributed by atoms with van der Waals surface area (Å²) in [5.41, 5.74) is 7.03. The molecule has 0 aliphatic carbocycles. The van der Waals surface area contributed by atoms with Crippen molar-refractivity contribution >= 4 is 29.0 Å². The van der Waals surface area contributed by atoms with Crippen molar-refractivity contribution in [2.45, 2.75) is 33.8 Å². The fourth-order valence-corrected chi connectivity index (χ4v) is 2.49. The molecule has 2 aromatic rings. The molecule has 1 atom stereocenters. The molecule has 2 N–H and O–H groups in total. The summed E-state index contributed by atoms with van der Waals surface area (Å²) in [6, 6.07) is 4.40. The number of aromatic nitrogens is 1. The smallest absolute Gasteiger partial charge is 0.166 e. The van der Waals surface area contributed by atoms with Crippen LogP contribution >= 0.6 is 23.2 Å². The zero-order chi connectivity index (χ0) is 16.9. The van der Waals surface area contributed by atoms with E-state index in [-0.39, 0.29) is 10.8 Å². The molecule has 1 heterocycles. The summed E-state index contributed by atoms with van der Waals surface area (Å²) in [6.07, 6.45) is 1.08. The van der Waals surface area contributed by atoms with Crippen molar-refractivity contribution in [2.75, 3.05) is 5.73 Å². The van der Waals surface area contributed by atoms with Crippen LogP contribution in [0.1, 0.15) is 38.0 Å². The molecule has 0 aliphatic heterocycles. The van der Waals surface area contributed by atoms with Crippen LogP contribution in [0.2, 0.25) is 10.0 Å². The summed E-state index contributed by atoms with van der Waals surface area (Å²) >= 11 is 12.0. The Morgan fingerprint density at radius 3 is 2.55 bits per heavy atom. The Labute approximate surface area is 140 Å². The Morgan fingerprint density at radius 2 is 1.91 bits per heavy atom. The van der Waals surface area contributed by atoms with Crippen molar-refractivity contribution in [3.63, 3.8) is 0 Å². The van der Waals surface area contributed by atoms with E-state index in [0.717, 1.165) is 5.56 Å². The number of anilines is 1. The standard InChI is InChI=1S/C14H13Cl2FN2O.C2H6/c1-7-5-11(14(18)19-6-7)20-8(2)12-9(15)3-4-10(17)13(12)16;1-2/h3-6,8H,1-2H3,(H2,18,19);1-2H3/t8-;/m1./s1. The van der Waals surface area contributed by atoms with Crippen LogP contribution in [0.15, 0.2) is 24.4 Å². The number of rotatable bonds is 3. The first-order valence-corrected chi connectivity index (χ1v) is 7.68. The predicted molar refractivity (Wildman–Crippen MR) is 90.2 cm³/mol. The molecular formula is C16H19Cl2FN2O. The average Bonchev–Trinajstić information content (AvgIpc) is 2.49. The summed E-state index contributed by atoms with van der Waals surface area (Å²) in [4.78, 5) is 4.00. The third-order valence-electron chi connectivity index (χ3n) is 2.81. The van der Waals surface area contributed by atoms with E-state index in [4.69, 9.17) is 33.7 Å². The second-order valence-electron chi connectivity index (χ2n) is 4.41. The van der Waals surface area contributed by atoms with E-state index in [2.05, 4.69) is 4.98 Å². The van der Waals surface area contributed by atoms with Gasteiger partial charge in [-0.2, -0.15) is 0 Å². The van der Waals surface area contributed by atoms with Crippen LogP contribution in [0.4, 0.5) is 10.2 Å². The SMILES string of the molecule is CC.Cc1cnc(N)c(O[C@H](C)c2c(Cl)ccc(F)c2Cl)c1. The summed E-state index contributed by atoms with van der Waals surface area (Å²) in [7, 11) is 0. The molecule has 1 aromatic heterocycles. The Bertz CT molecular complexity index is 650. The quantitative estimate of drug-likeness (QED) is 0.738. The minimum atomic E-state index is -0.559. The highest BCUT2D eigenvalue weighted by Gasteiger charge is 2.19. The molecule has 0 aliphatic rings. The van der Waals surface area contributed by atoms with Crippen molar-refractivity contribution in [3.8, 4) is 5.75 Å². The van der Waals surface area contributed by atoms with Crippen molar-refractivity contribution in [3.05, 3.63) is 51.4 Å². The molecule has 0 amide bonds. The Balaban J connectivity index is 0.00000116. The van der Waals surface area contributed by atoms with Crippen LogP contribution in [0.25, 0.3) is 0 Å². The fourth-order valence-electron chi connectivity index (χ4n) is 1.81. The average molecular weight is 345 g/mol. The Morgan fingerprint density at radius 1 is 1.27 bits per heavy atom. The van der Waals surface area contributed by atoms with Gasteiger partial charge in [0, 0.05) is 16.8 Å². The summed E-state index contributed by atoms with van der Waals surface area (Å²) in [6.45, 7) is 7.58. The topological polar surface area (TPSA) is 48.1 Å². The minimum Gasteiger partial charge on any atom is -0.482 e. The first kappa shape index (κ1) is 18.5. The van der Waals surface area contributed by atoms with Gasteiger partial charge in [-0.15, -0.1) is 0 Å². The first-order valence-electron chi connectivity index (χ1n) is 6.92. The van der Waals surface area contributed by atoms with Crippen LogP contribution in [0.5, 0.6) is 5.75 Å². The lowest BCUT2D eigenvalue weighted by atomic mass is 10.1. The van der Waals surface area contributed by atoms with Crippen LogP contribution in [-0.2, 0) is 0 Å². The highest BCUT2D eigenvalue weighted by atomic mass is 35.5. The van der Waals surface area contributed by atoms with Gasteiger partial charge in [-0.1, -0.05) is 37.0 Å². The molecule has 1 aromatic carbocycles. The fraction of sp³-hybridized carbons (Fsp3) is 0.312. The molecule has 120 valence electrons. The van der Waals surface area contributed by atoms with E-state index in [1.54, 1.807) is 19.2 Å². The minimum absolute atomic E-state index is 0.0517. The lowest BCUT2D eigenvalue weighted by Gasteiger charge is -2.19. The molecule has 6 heteroatoms. The van der Waals surface area contributed by atoms with E-state index in [1.165, 1.54) is 12.1 Å². The van der Waals surface area contributed by atoms with Crippen LogP contribution in [0, 0.1) is 12.7 Å². The molecule has 2 rings (SSSR count). The maximum Gasteiger partial charge on any atom is 0.166 e. The Kier molecular flexibility index (Phi) is 6.91. The van der Waals surface area contributed by atoms with Gasteiger partial charge in [0.1, 0.15) is 11.9 Å². The van der Waals surface area contributed by atoms with E-state index in [1.807, 2.05) is 20.8 Å². The van der Waals surface area contributed by atoms with Gasteiger partial charge in [0.2, 0.25) is 0 Å².